The summed E-state index contributed by atoms with van der Waals surface area (Å²) in [6, 6.07) is 24.1. The number of rotatable bonds is 5. The molecule has 0 heterocycles. The lowest BCUT2D eigenvalue weighted by Crippen LogP contribution is -2.19. The zero-order valence-corrected chi connectivity index (χ0v) is 13.2. The minimum atomic E-state index is -0.130. The highest BCUT2D eigenvalue weighted by molar-refractivity contribution is 5.86. The number of hydrazone groups is 1. The number of nitrogens with zero attached hydrogens (tertiary/aromatic N) is 1. The summed E-state index contributed by atoms with van der Waals surface area (Å²) in [7, 11) is 0. The maximum absolute atomic E-state index is 11.9. The number of hydrogen-bond donors (Lipinski definition) is 1. The van der Waals surface area contributed by atoms with Crippen molar-refractivity contribution >= 4 is 29.0 Å². The van der Waals surface area contributed by atoms with Crippen molar-refractivity contribution in [3.05, 3.63) is 90.0 Å². The van der Waals surface area contributed by atoms with Gasteiger partial charge < -0.3 is 0 Å². The number of amides is 1. The minimum Gasteiger partial charge on any atom is -0.273 e. The summed E-state index contributed by atoms with van der Waals surface area (Å²) in [5.74, 6) is -0.130. The monoisotopic (exact) mass is 314 g/mol. The molecular formula is C21H18N2O. The third kappa shape index (κ3) is 4.40. The van der Waals surface area contributed by atoms with Gasteiger partial charge in [0.05, 0.1) is 6.42 Å². The summed E-state index contributed by atoms with van der Waals surface area (Å²) in [6.45, 7) is 0. The van der Waals surface area contributed by atoms with Crippen LogP contribution in [0.4, 0.5) is 0 Å². The first kappa shape index (κ1) is 15.7. The Hall–Kier alpha value is -3.20. The Kier molecular flexibility index (Phi) is 5.15. The molecule has 3 heteroatoms. The van der Waals surface area contributed by atoms with E-state index in [0.717, 1.165) is 16.5 Å². The van der Waals surface area contributed by atoms with Gasteiger partial charge in [0.15, 0.2) is 0 Å². The molecule has 0 aromatic heterocycles. The zero-order valence-electron chi connectivity index (χ0n) is 13.2. The van der Waals surface area contributed by atoms with E-state index >= 15 is 0 Å². The smallest absolute Gasteiger partial charge is 0.244 e. The van der Waals surface area contributed by atoms with E-state index in [1.54, 1.807) is 12.3 Å². The topological polar surface area (TPSA) is 41.5 Å². The number of benzene rings is 3. The van der Waals surface area contributed by atoms with E-state index in [0.29, 0.717) is 6.42 Å². The SMILES string of the molecule is O=C(Cc1ccc2ccccc2c1)NN=CC=Cc1ccccc1. The van der Waals surface area contributed by atoms with Gasteiger partial charge in [-0.05, 0) is 28.0 Å². The second-order valence-electron chi connectivity index (χ2n) is 5.44. The van der Waals surface area contributed by atoms with Gasteiger partial charge in [0, 0.05) is 6.21 Å². The minimum absolute atomic E-state index is 0.130. The molecule has 0 bridgehead atoms. The van der Waals surface area contributed by atoms with Crippen molar-refractivity contribution in [1.82, 2.24) is 5.43 Å². The maximum Gasteiger partial charge on any atom is 0.244 e. The highest BCUT2D eigenvalue weighted by Crippen LogP contribution is 2.15. The largest absolute Gasteiger partial charge is 0.273 e. The molecular weight excluding hydrogens is 296 g/mol. The number of nitrogens with one attached hydrogen (secondary N) is 1. The zero-order chi connectivity index (χ0) is 16.6. The van der Waals surface area contributed by atoms with E-state index in [9.17, 15) is 4.79 Å². The Morgan fingerprint density at radius 3 is 2.50 bits per heavy atom. The van der Waals surface area contributed by atoms with E-state index in [1.807, 2.05) is 72.8 Å². The third-order valence-corrected chi connectivity index (χ3v) is 3.62. The molecule has 0 aliphatic rings. The summed E-state index contributed by atoms with van der Waals surface area (Å²) in [4.78, 5) is 11.9. The number of carbonyl (C=O) groups is 1. The van der Waals surface area contributed by atoms with E-state index in [1.165, 1.54) is 5.39 Å². The van der Waals surface area contributed by atoms with Crippen LogP contribution in [-0.2, 0) is 11.2 Å². The molecule has 0 fully saturated rings. The molecule has 0 radical (unpaired) electrons. The van der Waals surface area contributed by atoms with Crippen LogP contribution >= 0.6 is 0 Å². The van der Waals surface area contributed by atoms with Gasteiger partial charge in [0.1, 0.15) is 0 Å². The van der Waals surface area contributed by atoms with Crippen LogP contribution in [-0.4, -0.2) is 12.1 Å². The van der Waals surface area contributed by atoms with Gasteiger partial charge in [-0.1, -0.05) is 78.9 Å². The first-order chi connectivity index (χ1) is 11.8. The normalized spacial score (nSPS) is 11.3. The van der Waals surface area contributed by atoms with Crippen molar-refractivity contribution in [1.29, 1.82) is 0 Å². The Morgan fingerprint density at radius 1 is 0.917 bits per heavy atom. The highest BCUT2D eigenvalue weighted by Gasteiger charge is 2.02. The lowest BCUT2D eigenvalue weighted by atomic mass is 10.1. The van der Waals surface area contributed by atoms with Gasteiger partial charge in [-0.15, -0.1) is 0 Å². The van der Waals surface area contributed by atoms with Crippen molar-refractivity contribution in [2.75, 3.05) is 0 Å². The molecule has 0 saturated carbocycles. The average molecular weight is 314 g/mol. The first-order valence-corrected chi connectivity index (χ1v) is 7.82. The Bertz CT molecular complexity index is 882. The first-order valence-electron chi connectivity index (χ1n) is 7.82. The maximum atomic E-state index is 11.9. The second-order valence-corrected chi connectivity index (χ2v) is 5.44. The van der Waals surface area contributed by atoms with Crippen LogP contribution in [0.3, 0.4) is 0 Å². The predicted octanol–water partition coefficient (Wildman–Crippen LogP) is 4.20. The summed E-state index contributed by atoms with van der Waals surface area (Å²) >= 11 is 0. The van der Waals surface area contributed by atoms with Crippen molar-refractivity contribution in [2.45, 2.75) is 6.42 Å². The fourth-order valence-electron chi connectivity index (χ4n) is 2.44. The quantitative estimate of drug-likeness (QED) is 0.556. The number of hydrogen-bond acceptors (Lipinski definition) is 2. The molecule has 1 amide bonds. The molecule has 3 aromatic rings. The molecule has 0 unspecified atom stereocenters. The van der Waals surface area contributed by atoms with E-state index in [2.05, 4.69) is 16.6 Å². The summed E-state index contributed by atoms with van der Waals surface area (Å²) in [5, 5.41) is 6.24. The number of allylic oxidation sites excluding steroid dienone is 1. The van der Waals surface area contributed by atoms with Crippen molar-refractivity contribution in [2.24, 2.45) is 5.10 Å². The Balaban J connectivity index is 1.53. The van der Waals surface area contributed by atoms with E-state index < -0.39 is 0 Å². The van der Waals surface area contributed by atoms with Crippen molar-refractivity contribution in [3.63, 3.8) is 0 Å². The van der Waals surface area contributed by atoms with Crippen LogP contribution in [0.1, 0.15) is 11.1 Å². The molecule has 0 aliphatic carbocycles. The molecule has 118 valence electrons. The standard InChI is InChI=1S/C21H18N2O/c24-21(23-22-14-6-9-17-7-2-1-3-8-17)16-18-12-13-19-10-4-5-11-20(19)15-18/h1-15H,16H2,(H,23,24). The lowest BCUT2D eigenvalue weighted by Gasteiger charge is -2.03. The van der Waals surface area contributed by atoms with Crippen LogP contribution in [0.25, 0.3) is 16.8 Å². The van der Waals surface area contributed by atoms with Crippen LogP contribution < -0.4 is 5.43 Å². The van der Waals surface area contributed by atoms with Crippen molar-refractivity contribution in [3.8, 4) is 0 Å². The third-order valence-electron chi connectivity index (χ3n) is 3.62. The van der Waals surface area contributed by atoms with Crippen LogP contribution in [0.15, 0.2) is 84.0 Å². The number of fused-ring (bicyclic) bond motifs is 1. The van der Waals surface area contributed by atoms with Gasteiger partial charge >= 0.3 is 0 Å². The molecule has 24 heavy (non-hydrogen) atoms. The Morgan fingerprint density at radius 2 is 1.67 bits per heavy atom. The van der Waals surface area contributed by atoms with Crippen molar-refractivity contribution < 1.29 is 4.79 Å². The molecule has 0 saturated heterocycles. The molecule has 3 aromatic carbocycles. The summed E-state index contributed by atoms with van der Waals surface area (Å²) in [5.41, 5.74) is 4.61. The average Bonchev–Trinajstić information content (AvgIpc) is 2.62. The van der Waals surface area contributed by atoms with E-state index in [-0.39, 0.29) is 5.91 Å². The summed E-state index contributed by atoms with van der Waals surface area (Å²) in [6.07, 6.45) is 5.61. The Labute approximate surface area is 141 Å². The van der Waals surface area contributed by atoms with Crippen LogP contribution in [0.5, 0.6) is 0 Å². The molecule has 3 rings (SSSR count). The highest BCUT2D eigenvalue weighted by atomic mass is 16.2. The van der Waals surface area contributed by atoms with Crippen LogP contribution in [0, 0.1) is 0 Å². The van der Waals surface area contributed by atoms with Gasteiger partial charge in [-0.3, -0.25) is 4.79 Å². The second kappa shape index (κ2) is 7.88. The lowest BCUT2D eigenvalue weighted by molar-refractivity contribution is -0.120. The van der Waals surface area contributed by atoms with Gasteiger partial charge in [0.25, 0.3) is 0 Å². The molecule has 3 nitrogen and oxygen atoms in total. The molecule has 0 aliphatic heterocycles. The molecule has 0 atom stereocenters. The molecule has 0 spiro atoms. The molecule has 1 N–H and O–H groups in total. The predicted molar refractivity (Wildman–Crippen MR) is 99.8 cm³/mol. The number of carbonyl (C=O) groups excluding carboxylic acids is 1. The van der Waals surface area contributed by atoms with Gasteiger partial charge in [-0.2, -0.15) is 5.10 Å². The van der Waals surface area contributed by atoms with Crippen LogP contribution in [0.2, 0.25) is 0 Å². The van der Waals surface area contributed by atoms with E-state index in [4.69, 9.17) is 0 Å². The fourth-order valence-corrected chi connectivity index (χ4v) is 2.44. The van der Waals surface area contributed by atoms with Gasteiger partial charge in [0.2, 0.25) is 5.91 Å². The fraction of sp³-hybridized carbons (Fsp3) is 0.0476. The van der Waals surface area contributed by atoms with Gasteiger partial charge in [-0.25, -0.2) is 5.43 Å². The summed E-state index contributed by atoms with van der Waals surface area (Å²) < 4.78 is 0.